The fourth-order valence-corrected chi connectivity index (χ4v) is 6.16. The van der Waals surface area contributed by atoms with Gasteiger partial charge in [-0.05, 0) is 44.9 Å². The number of carbonyl (C=O) groups is 3. The molecule has 7 nitrogen and oxygen atoms in total. The van der Waals surface area contributed by atoms with Gasteiger partial charge in [0.1, 0.15) is 0 Å². The molecule has 2 rings (SSSR count). The van der Waals surface area contributed by atoms with E-state index in [0.29, 0.717) is 11.7 Å². The zero-order chi connectivity index (χ0) is 26.4. The lowest BCUT2D eigenvalue weighted by molar-refractivity contribution is -0.138. The van der Waals surface area contributed by atoms with Crippen molar-refractivity contribution < 1.29 is 24.6 Å². The van der Waals surface area contributed by atoms with Crippen LogP contribution in [-0.4, -0.2) is 51.3 Å². The lowest BCUT2D eigenvalue weighted by atomic mass is 10.0. The Morgan fingerprint density at radius 2 is 1.33 bits per heavy atom. The van der Waals surface area contributed by atoms with E-state index in [0.717, 1.165) is 37.9 Å². The largest absolute Gasteiger partial charge is 0.481 e. The van der Waals surface area contributed by atoms with E-state index in [1.165, 1.54) is 70.6 Å². The SMILES string of the molecule is CCCCCCCCC=CCCCCCCCC(=O)O.O=C(O)CCCC[C@@H]1SC[C@@H]2NC(=O)N[C@@H]21. The smallest absolute Gasteiger partial charge is 0.315 e. The van der Waals surface area contributed by atoms with Crippen molar-refractivity contribution in [3.63, 3.8) is 0 Å². The number of allylic oxidation sites excluding steroid dienone is 2. The number of urea groups is 1. The molecule has 2 aliphatic heterocycles. The fraction of sp³-hybridized carbons (Fsp3) is 0.821. The van der Waals surface area contributed by atoms with Crippen LogP contribution in [0, 0.1) is 0 Å². The van der Waals surface area contributed by atoms with Crippen molar-refractivity contribution in [3.05, 3.63) is 12.2 Å². The summed E-state index contributed by atoms with van der Waals surface area (Å²) >= 11 is 1.87. The van der Waals surface area contributed by atoms with E-state index in [4.69, 9.17) is 10.2 Å². The number of aliphatic carboxylic acids is 2. The van der Waals surface area contributed by atoms with Gasteiger partial charge in [0, 0.05) is 23.8 Å². The molecule has 36 heavy (non-hydrogen) atoms. The Morgan fingerprint density at radius 1 is 0.806 bits per heavy atom. The number of fused-ring (bicyclic) bond motifs is 1. The minimum absolute atomic E-state index is 0.0640. The van der Waals surface area contributed by atoms with E-state index in [1.807, 2.05) is 11.8 Å². The second kappa shape index (κ2) is 21.4. The molecule has 2 fully saturated rings. The molecule has 0 radical (unpaired) electrons. The first kappa shape index (κ1) is 32.3. The average molecular weight is 527 g/mol. The summed E-state index contributed by atoms with van der Waals surface area (Å²) < 4.78 is 0. The van der Waals surface area contributed by atoms with Gasteiger partial charge in [-0.25, -0.2) is 4.79 Å². The van der Waals surface area contributed by atoms with Crippen LogP contribution in [0.4, 0.5) is 4.79 Å². The van der Waals surface area contributed by atoms with Crippen molar-refractivity contribution in [3.8, 4) is 0 Å². The van der Waals surface area contributed by atoms with Gasteiger partial charge < -0.3 is 20.8 Å². The third kappa shape index (κ3) is 16.9. The van der Waals surface area contributed by atoms with Crippen LogP contribution in [0.1, 0.15) is 122 Å². The highest BCUT2D eigenvalue weighted by atomic mass is 32.2. The summed E-state index contributed by atoms with van der Waals surface area (Å²) in [5, 5.41) is 23.3. The van der Waals surface area contributed by atoms with Gasteiger partial charge in [0.25, 0.3) is 0 Å². The van der Waals surface area contributed by atoms with Gasteiger partial charge in [-0.2, -0.15) is 11.8 Å². The number of amides is 2. The van der Waals surface area contributed by atoms with Crippen LogP contribution in [-0.2, 0) is 9.59 Å². The zero-order valence-electron chi connectivity index (χ0n) is 22.3. The van der Waals surface area contributed by atoms with Gasteiger partial charge in [0.15, 0.2) is 0 Å². The summed E-state index contributed by atoms with van der Waals surface area (Å²) in [6.07, 6.45) is 24.1. The van der Waals surface area contributed by atoms with Crippen molar-refractivity contribution in [2.45, 2.75) is 140 Å². The number of carboxylic acids is 2. The number of hydrogen-bond donors (Lipinski definition) is 4. The molecule has 4 N–H and O–H groups in total. The van der Waals surface area contributed by atoms with Crippen LogP contribution in [0.3, 0.4) is 0 Å². The van der Waals surface area contributed by atoms with E-state index < -0.39 is 11.9 Å². The maximum Gasteiger partial charge on any atom is 0.315 e. The number of nitrogens with one attached hydrogen (secondary N) is 2. The van der Waals surface area contributed by atoms with Crippen LogP contribution in [0.5, 0.6) is 0 Å². The van der Waals surface area contributed by atoms with Crippen molar-refractivity contribution in [2.24, 2.45) is 0 Å². The summed E-state index contributed by atoms with van der Waals surface area (Å²) in [6.45, 7) is 2.26. The molecule has 3 atom stereocenters. The molecule has 0 unspecified atom stereocenters. The molecule has 208 valence electrons. The lowest BCUT2D eigenvalue weighted by Gasteiger charge is -2.16. The molecule has 2 saturated heterocycles. The highest BCUT2D eigenvalue weighted by Crippen LogP contribution is 2.33. The first-order valence-electron chi connectivity index (χ1n) is 14.2. The summed E-state index contributed by atoms with van der Waals surface area (Å²) in [5.41, 5.74) is 0. The maximum atomic E-state index is 11.1. The van der Waals surface area contributed by atoms with E-state index in [2.05, 4.69) is 29.7 Å². The Hall–Kier alpha value is -1.70. The van der Waals surface area contributed by atoms with E-state index in [1.54, 1.807) is 0 Å². The maximum absolute atomic E-state index is 11.1. The van der Waals surface area contributed by atoms with Gasteiger partial charge in [0.2, 0.25) is 0 Å². The second-order valence-electron chi connectivity index (χ2n) is 9.99. The number of unbranched alkanes of at least 4 members (excludes halogenated alkanes) is 12. The summed E-state index contributed by atoms with van der Waals surface area (Å²) in [7, 11) is 0. The molecule has 2 amide bonds. The number of carbonyl (C=O) groups excluding carboxylic acids is 1. The molecule has 0 saturated carbocycles. The van der Waals surface area contributed by atoms with Crippen LogP contribution in [0.25, 0.3) is 0 Å². The highest BCUT2D eigenvalue weighted by Gasteiger charge is 2.42. The van der Waals surface area contributed by atoms with Crippen molar-refractivity contribution in [1.29, 1.82) is 0 Å². The predicted octanol–water partition coefficient (Wildman–Crippen LogP) is 6.91. The second-order valence-corrected chi connectivity index (χ2v) is 11.3. The number of rotatable bonds is 20. The third-order valence-electron chi connectivity index (χ3n) is 6.72. The van der Waals surface area contributed by atoms with E-state index in [9.17, 15) is 14.4 Å². The monoisotopic (exact) mass is 526 g/mol. The fourth-order valence-electron chi connectivity index (χ4n) is 4.61. The van der Waals surface area contributed by atoms with Crippen LogP contribution in [0.2, 0.25) is 0 Å². The first-order valence-corrected chi connectivity index (χ1v) is 15.3. The molecular weight excluding hydrogens is 476 g/mol. The number of thioether (sulfide) groups is 1. The van der Waals surface area contributed by atoms with Crippen LogP contribution >= 0.6 is 11.8 Å². The van der Waals surface area contributed by atoms with Gasteiger partial charge >= 0.3 is 18.0 Å². The molecule has 0 spiro atoms. The number of carboxylic acid groups (broad SMARTS) is 2. The summed E-state index contributed by atoms with van der Waals surface area (Å²) in [6, 6.07) is 0.440. The summed E-state index contributed by atoms with van der Waals surface area (Å²) in [5.74, 6) is -0.428. The standard InChI is InChI=1S/C18H34O2.C10H16N2O3S/c1-2-3-4-5-6-7-8-9-10-11-12-13-14-15-16-17-18(19)20;13-8(14)4-2-1-3-7-9-6(5-16-7)11-10(15)12-9/h9-10H,2-8,11-17H2,1H3,(H,19,20);6-7,9H,1-5H2,(H,13,14)(H2,11,12,15)/t;6-,7-,9-/m.0/s1. The normalized spacial score (nSPS) is 20.5. The van der Waals surface area contributed by atoms with Gasteiger partial charge in [-0.3, -0.25) is 9.59 Å². The summed E-state index contributed by atoms with van der Waals surface area (Å²) in [4.78, 5) is 31.8. The van der Waals surface area contributed by atoms with Gasteiger partial charge in [-0.15, -0.1) is 0 Å². The molecule has 8 heteroatoms. The van der Waals surface area contributed by atoms with Gasteiger partial charge in [-0.1, -0.05) is 76.9 Å². The van der Waals surface area contributed by atoms with Gasteiger partial charge in [0.05, 0.1) is 12.1 Å². The van der Waals surface area contributed by atoms with Crippen molar-refractivity contribution in [1.82, 2.24) is 10.6 Å². The highest BCUT2D eigenvalue weighted by molar-refractivity contribution is 8.00. The third-order valence-corrected chi connectivity index (χ3v) is 8.23. The molecule has 0 aliphatic carbocycles. The van der Waals surface area contributed by atoms with Crippen LogP contribution < -0.4 is 10.6 Å². The molecular formula is C28H50N2O5S. The molecule has 0 bridgehead atoms. The lowest BCUT2D eigenvalue weighted by Crippen LogP contribution is -2.36. The quantitative estimate of drug-likeness (QED) is 0.0778. The molecule has 0 aromatic heterocycles. The van der Waals surface area contributed by atoms with Crippen molar-refractivity contribution >= 4 is 29.7 Å². The number of hydrogen-bond acceptors (Lipinski definition) is 4. The Kier molecular flexibility index (Phi) is 19.2. The topological polar surface area (TPSA) is 116 Å². The van der Waals surface area contributed by atoms with Crippen LogP contribution in [0.15, 0.2) is 12.2 Å². The Bertz CT molecular complexity index is 643. The Labute approximate surface area is 222 Å². The van der Waals surface area contributed by atoms with E-state index >= 15 is 0 Å². The Balaban J connectivity index is 0.000000367. The zero-order valence-corrected chi connectivity index (χ0v) is 23.2. The molecule has 2 aliphatic rings. The average Bonchev–Trinajstić information content (AvgIpc) is 3.38. The minimum Gasteiger partial charge on any atom is -0.481 e. The molecule has 0 aromatic rings. The molecule has 0 aromatic carbocycles. The first-order chi connectivity index (χ1) is 17.4. The van der Waals surface area contributed by atoms with Crippen molar-refractivity contribution in [2.75, 3.05) is 5.75 Å². The van der Waals surface area contributed by atoms with E-state index in [-0.39, 0.29) is 24.5 Å². The molecule has 2 heterocycles. The minimum atomic E-state index is -0.729. The predicted molar refractivity (Wildman–Crippen MR) is 149 cm³/mol. The Morgan fingerprint density at radius 3 is 1.92 bits per heavy atom.